The van der Waals surface area contributed by atoms with Gasteiger partial charge in [0.25, 0.3) is 0 Å². The summed E-state index contributed by atoms with van der Waals surface area (Å²) in [6.07, 6.45) is 5.83. The molecular weight excluding hydrogens is 212 g/mol. The SMILES string of the molecule is CCC(CC)n1ccc(CC(C)CC(C)=O)n1. The zero-order valence-corrected chi connectivity index (χ0v) is 11.4. The summed E-state index contributed by atoms with van der Waals surface area (Å²) >= 11 is 0. The van der Waals surface area contributed by atoms with Crippen molar-refractivity contribution in [1.29, 1.82) is 0 Å². The summed E-state index contributed by atoms with van der Waals surface area (Å²) in [4.78, 5) is 11.0. The van der Waals surface area contributed by atoms with E-state index in [0.717, 1.165) is 25.0 Å². The molecule has 1 rings (SSSR count). The Morgan fingerprint density at radius 3 is 2.59 bits per heavy atom. The first-order chi connectivity index (χ1) is 8.06. The molecule has 0 saturated heterocycles. The van der Waals surface area contributed by atoms with Crippen molar-refractivity contribution in [1.82, 2.24) is 9.78 Å². The van der Waals surface area contributed by atoms with E-state index < -0.39 is 0 Å². The van der Waals surface area contributed by atoms with Gasteiger partial charge in [0.05, 0.1) is 11.7 Å². The van der Waals surface area contributed by atoms with Gasteiger partial charge in [0, 0.05) is 12.6 Å². The summed E-state index contributed by atoms with van der Waals surface area (Å²) in [7, 11) is 0. The Morgan fingerprint density at radius 1 is 1.41 bits per heavy atom. The van der Waals surface area contributed by atoms with E-state index in [1.165, 1.54) is 0 Å². The average molecular weight is 236 g/mol. The maximum atomic E-state index is 11.0. The van der Waals surface area contributed by atoms with Gasteiger partial charge in [0.1, 0.15) is 5.78 Å². The molecule has 1 aromatic rings. The molecule has 1 unspecified atom stereocenters. The number of Topliss-reactive ketones (excluding diaryl/α,β-unsaturated/α-hetero) is 1. The third kappa shape index (κ3) is 4.33. The molecule has 0 N–H and O–H groups in total. The maximum absolute atomic E-state index is 11.0. The van der Waals surface area contributed by atoms with Crippen LogP contribution in [-0.4, -0.2) is 15.6 Å². The van der Waals surface area contributed by atoms with Crippen LogP contribution in [0.25, 0.3) is 0 Å². The highest BCUT2D eigenvalue weighted by molar-refractivity contribution is 5.75. The quantitative estimate of drug-likeness (QED) is 0.727. The number of rotatable bonds is 7. The number of hydrogen-bond donors (Lipinski definition) is 0. The van der Waals surface area contributed by atoms with Crippen LogP contribution in [0, 0.1) is 5.92 Å². The molecule has 96 valence electrons. The lowest BCUT2D eigenvalue weighted by molar-refractivity contribution is -0.117. The standard InChI is InChI=1S/C14H24N2O/c1-5-14(6-2)16-8-7-13(15-16)10-11(3)9-12(4)17/h7-8,11,14H,5-6,9-10H2,1-4H3. The predicted octanol–water partition coefficient (Wildman–Crippen LogP) is 3.40. The maximum Gasteiger partial charge on any atom is 0.130 e. The lowest BCUT2D eigenvalue weighted by Gasteiger charge is -2.12. The van der Waals surface area contributed by atoms with Crippen LogP contribution in [0.3, 0.4) is 0 Å². The molecule has 17 heavy (non-hydrogen) atoms. The lowest BCUT2D eigenvalue weighted by Crippen LogP contribution is -2.09. The van der Waals surface area contributed by atoms with Crippen LogP contribution in [0.2, 0.25) is 0 Å². The zero-order valence-electron chi connectivity index (χ0n) is 11.4. The van der Waals surface area contributed by atoms with Crippen molar-refractivity contribution in [3.8, 4) is 0 Å². The van der Waals surface area contributed by atoms with Gasteiger partial charge in [-0.15, -0.1) is 0 Å². The smallest absolute Gasteiger partial charge is 0.130 e. The van der Waals surface area contributed by atoms with Gasteiger partial charge in [-0.2, -0.15) is 5.10 Å². The summed E-state index contributed by atoms with van der Waals surface area (Å²) in [5, 5.41) is 4.60. The van der Waals surface area contributed by atoms with Crippen molar-refractivity contribution in [3.63, 3.8) is 0 Å². The van der Waals surface area contributed by atoms with Crippen LogP contribution in [0.15, 0.2) is 12.3 Å². The summed E-state index contributed by atoms with van der Waals surface area (Å²) in [5.74, 6) is 0.648. The summed E-state index contributed by atoms with van der Waals surface area (Å²) in [6, 6.07) is 2.58. The number of carbonyl (C=O) groups is 1. The first kappa shape index (κ1) is 13.9. The second-order valence-corrected chi connectivity index (χ2v) is 4.97. The molecule has 0 saturated carbocycles. The van der Waals surface area contributed by atoms with Crippen LogP contribution in [-0.2, 0) is 11.2 Å². The minimum atomic E-state index is 0.261. The van der Waals surface area contributed by atoms with Gasteiger partial charge in [-0.25, -0.2) is 0 Å². The third-order valence-corrected chi connectivity index (χ3v) is 3.17. The molecule has 1 atom stereocenters. The second kappa shape index (κ2) is 6.58. The van der Waals surface area contributed by atoms with Crippen LogP contribution in [0.5, 0.6) is 0 Å². The van der Waals surface area contributed by atoms with Crippen molar-refractivity contribution in [2.45, 2.75) is 59.4 Å². The van der Waals surface area contributed by atoms with E-state index in [1.807, 2.05) is 0 Å². The van der Waals surface area contributed by atoms with Crippen molar-refractivity contribution in [2.24, 2.45) is 5.92 Å². The fourth-order valence-corrected chi connectivity index (χ4v) is 2.27. The first-order valence-electron chi connectivity index (χ1n) is 6.60. The molecule has 0 amide bonds. The largest absolute Gasteiger partial charge is 0.300 e. The van der Waals surface area contributed by atoms with E-state index in [0.29, 0.717) is 18.4 Å². The van der Waals surface area contributed by atoms with Gasteiger partial charge in [-0.1, -0.05) is 20.8 Å². The molecule has 0 radical (unpaired) electrons. The molecular formula is C14H24N2O. The van der Waals surface area contributed by atoms with Gasteiger partial charge in [-0.3, -0.25) is 4.68 Å². The number of nitrogens with zero attached hydrogens (tertiary/aromatic N) is 2. The van der Waals surface area contributed by atoms with Crippen LogP contribution >= 0.6 is 0 Å². The third-order valence-electron chi connectivity index (χ3n) is 3.17. The topological polar surface area (TPSA) is 34.9 Å². The van der Waals surface area contributed by atoms with Crippen molar-refractivity contribution in [3.05, 3.63) is 18.0 Å². The monoisotopic (exact) mass is 236 g/mol. The van der Waals surface area contributed by atoms with Gasteiger partial charge in [0.2, 0.25) is 0 Å². The Bertz CT molecular complexity index is 353. The molecule has 1 aromatic heterocycles. The Labute approximate surface area is 104 Å². The number of ketones is 1. The predicted molar refractivity (Wildman–Crippen MR) is 70.0 cm³/mol. The van der Waals surface area contributed by atoms with Crippen molar-refractivity contribution < 1.29 is 4.79 Å². The van der Waals surface area contributed by atoms with Crippen molar-refractivity contribution >= 4 is 5.78 Å². The van der Waals surface area contributed by atoms with E-state index in [2.05, 4.69) is 42.8 Å². The number of carbonyl (C=O) groups excluding carboxylic acids is 1. The van der Waals surface area contributed by atoms with Gasteiger partial charge in [0.15, 0.2) is 0 Å². The normalized spacial score (nSPS) is 13.0. The van der Waals surface area contributed by atoms with Gasteiger partial charge in [-0.05, 0) is 38.2 Å². The molecule has 3 heteroatoms. The van der Waals surface area contributed by atoms with Gasteiger partial charge >= 0.3 is 0 Å². The minimum absolute atomic E-state index is 0.261. The molecule has 1 heterocycles. The first-order valence-corrected chi connectivity index (χ1v) is 6.60. The van der Waals surface area contributed by atoms with Gasteiger partial charge < -0.3 is 4.79 Å². The molecule has 0 aliphatic carbocycles. The van der Waals surface area contributed by atoms with Crippen LogP contribution in [0.1, 0.15) is 58.7 Å². The van der Waals surface area contributed by atoms with E-state index in [-0.39, 0.29) is 5.78 Å². The Kier molecular flexibility index (Phi) is 5.39. The summed E-state index contributed by atoms with van der Waals surface area (Å²) < 4.78 is 2.07. The molecule has 0 aliphatic heterocycles. The highest BCUT2D eigenvalue weighted by atomic mass is 16.1. The van der Waals surface area contributed by atoms with E-state index in [4.69, 9.17) is 0 Å². The van der Waals surface area contributed by atoms with E-state index in [1.54, 1.807) is 6.92 Å². The number of hydrogen-bond acceptors (Lipinski definition) is 2. The highest BCUT2D eigenvalue weighted by Crippen LogP contribution is 2.16. The molecule has 3 nitrogen and oxygen atoms in total. The average Bonchev–Trinajstić information content (AvgIpc) is 2.67. The molecule has 0 aliphatic rings. The lowest BCUT2D eigenvalue weighted by atomic mass is 10.00. The van der Waals surface area contributed by atoms with Crippen LogP contribution < -0.4 is 0 Å². The fraction of sp³-hybridized carbons (Fsp3) is 0.714. The molecule has 0 bridgehead atoms. The molecule has 0 aromatic carbocycles. The van der Waals surface area contributed by atoms with E-state index in [9.17, 15) is 4.79 Å². The highest BCUT2D eigenvalue weighted by Gasteiger charge is 2.11. The second-order valence-electron chi connectivity index (χ2n) is 4.97. The molecule has 0 spiro atoms. The van der Waals surface area contributed by atoms with Crippen LogP contribution in [0.4, 0.5) is 0 Å². The summed E-state index contributed by atoms with van der Waals surface area (Å²) in [6.45, 7) is 8.14. The Hall–Kier alpha value is -1.12. The van der Waals surface area contributed by atoms with Crippen molar-refractivity contribution in [2.75, 3.05) is 0 Å². The van der Waals surface area contributed by atoms with E-state index >= 15 is 0 Å². The minimum Gasteiger partial charge on any atom is -0.300 e. The Morgan fingerprint density at radius 2 is 2.06 bits per heavy atom. The zero-order chi connectivity index (χ0) is 12.8. The fourth-order valence-electron chi connectivity index (χ4n) is 2.27. The molecule has 0 fully saturated rings. The number of aromatic nitrogens is 2. The Balaban J connectivity index is 2.59. The summed E-state index contributed by atoms with van der Waals surface area (Å²) in [5.41, 5.74) is 1.10.